The molecule has 1 aromatic carbocycles. The molecule has 0 fully saturated rings. The van der Waals surface area contributed by atoms with E-state index in [1.54, 1.807) is 6.07 Å². The molecule has 0 aliphatic carbocycles. The minimum absolute atomic E-state index is 0.0394. The summed E-state index contributed by atoms with van der Waals surface area (Å²) in [6.07, 6.45) is 0. The van der Waals surface area contributed by atoms with Crippen molar-refractivity contribution in [1.29, 1.82) is 0 Å². The van der Waals surface area contributed by atoms with E-state index in [9.17, 15) is 8.78 Å². The van der Waals surface area contributed by atoms with Gasteiger partial charge < -0.3 is 4.74 Å². The lowest BCUT2D eigenvalue weighted by molar-refractivity contribution is -0.0497. The molecule has 0 aliphatic heterocycles. The maximum Gasteiger partial charge on any atom is 0.387 e. The van der Waals surface area contributed by atoms with Gasteiger partial charge in [0.1, 0.15) is 5.75 Å². The van der Waals surface area contributed by atoms with Crippen molar-refractivity contribution in [2.45, 2.75) is 13.2 Å². The number of hydrogen-bond donors (Lipinski definition) is 2. The van der Waals surface area contributed by atoms with Gasteiger partial charge in [0, 0.05) is 6.54 Å². The number of alkyl halides is 2. The zero-order valence-electron chi connectivity index (χ0n) is 7.14. The average Bonchev–Trinajstić information content (AvgIpc) is 2.10. The van der Waals surface area contributed by atoms with E-state index in [0.717, 1.165) is 5.56 Å². The standard InChI is InChI=1S/C8H9ClF2N2O/c9-6-3-5(4-13-12)1-2-7(6)14-8(10)11/h1-3,8,13H,4,12H2. The summed E-state index contributed by atoms with van der Waals surface area (Å²) < 4.78 is 27.8. The quantitative estimate of drug-likeness (QED) is 0.604. The summed E-state index contributed by atoms with van der Waals surface area (Å²) in [5, 5.41) is 0.137. The molecule has 0 bridgehead atoms. The average molecular weight is 223 g/mol. The fourth-order valence-electron chi connectivity index (χ4n) is 0.964. The van der Waals surface area contributed by atoms with Gasteiger partial charge in [-0.15, -0.1) is 0 Å². The highest BCUT2D eigenvalue weighted by Crippen LogP contribution is 2.26. The molecule has 0 atom stereocenters. The Kier molecular flexibility index (Phi) is 4.06. The van der Waals surface area contributed by atoms with Crippen LogP contribution in [0.3, 0.4) is 0 Å². The van der Waals surface area contributed by atoms with Crippen molar-refractivity contribution in [2.75, 3.05) is 0 Å². The van der Waals surface area contributed by atoms with Crippen molar-refractivity contribution in [3.63, 3.8) is 0 Å². The highest BCUT2D eigenvalue weighted by Gasteiger charge is 2.08. The van der Waals surface area contributed by atoms with E-state index in [-0.39, 0.29) is 10.8 Å². The molecule has 0 radical (unpaired) electrons. The van der Waals surface area contributed by atoms with Crippen molar-refractivity contribution in [3.05, 3.63) is 28.8 Å². The first kappa shape index (κ1) is 11.2. The number of nitrogens with two attached hydrogens (primary N) is 1. The van der Waals surface area contributed by atoms with Gasteiger partial charge in [0.25, 0.3) is 0 Å². The van der Waals surface area contributed by atoms with E-state index in [0.29, 0.717) is 6.54 Å². The molecule has 0 heterocycles. The highest BCUT2D eigenvalue weighted by atomic mass is 35.5. The number of nitrogens with one attached hydrogen (secondary N) is 1. The Morgan fingerprint density at radius 3 is 2.71 bits per heavy atom. The van der Waals surface area contributed by atoms with Crippen LogP contribution in [0, 0.1) is 0 Å². The van der Waals surface area contributed by atoms with Crippen LogP contribution in [0.15, 0.2) is 18.2 Å². The Bertz CT molecular complexity index is 309. The summed E-state index contributed by atoms with van der Waals surface area (Å²) in [6.45, 7) is -2.46. The van der Waals surface area contributed by atoms with Gasteiger partial charge in [-0.1, -0.05) is 17.7 Å². The Hall–Kier alpha value is -0.910. The summed E-state index contributed by atoms with van der Waals surface area (Å²) >= 11 is 5.68. The molecule has 3 N–H and O–H groups in total. The molecule has 0 unspecified atom stereocenters. The molecule has 0 spiro atoms. The third-order valence-electron chi connectivity index (χ3n) is 1.52. The van der Waals surface area contributed by atoms with E-state index in [1.165, 1.54) is 12.1 Å². The molecule has 0 amide bonds. The van der Waals surface area contributed by atoms with Crippen LogP contribution in [0.2, 0.25) is 5.02 Å². The lowest BCUT2D eigenvalue weighted by Crippen LogP contribution is -2.20. The van der Waals surface area contributed by atoms with Crippen molar-refractivity contribution >= 4 is 11.6 Å². The predicted octanol–water partition coefficient (Wildman–Crippen LogP) is 1.90. The van der Waals surface area contributed by atoms with Crippen LogP contribution in [0.1, 0.15) is 5.56 Å². The molecule has 0 saturated carbocycles. The molecule has 14 heavy (non-hydrogen) atoms. The lowest BCUT2D eigenvalue weighted by atomic mass is 10.2. The number of rotatable bonds is 4. The molecule has 0 saturated heterocycles. The second-order valence-electron chi connectivity index (χ2n) is 2.52. The fraction of sp³-hybridized carbons (Fsp3) is 0.250. The number of hydrogen-bond acceptors (Lipinski definition) is 3. The van der Waals surface area contributed by atoms with Crippen LogP contribution in [0.4, 0.5) is 8.78 Å². The molecule has 1 aromatic rings. The number of halogens is 3. The van der Waals surface area contributed by atoms with Crippen LogP contribution in [0.25, 0.3) is 0 Å². The largest absolute Gasteiger partial charge is 0.433 e. The van der Waals surface area contributed by atoms with E-state index in [4.69, 9.17) is 17.4 Å². The Morgan fingerprint density at radius 1 is 1.50 bits per heavy atom. The van der Waals surface area contributed by atoms with Crippen LogP contribution in [-0.2, 0) is 6.54 Å². The molecule has 78 valence electrons. The molecule has 0 aromatic heterocycles. The van der Waals surface area contributed by atoms with Gasteiger partial charge in [-0.05, 0) is 17.7 Å². The molecular formula is C8H9ClF2N2O. The van der Waals surface area contributed by atoms with Gasteiger partial charge in [-0.2, -0.15) is 8.78 Å². The van der Waals surface area contributed by atoms with Gasteiger partial charge in [-0.3, -0.25) is 11.3 Å². The first-order valence-electron chi connectivity index (χ1n) is 3.80. The summed E-state index contributed by atoms with van der Waals surface area (Å²) in [5.74, 6) is 5.05. The Balaban J connectivity index is 2.79. The van der Waals surface area contributed by atoms with Crippen LogP contribution in [-0.4, -0.2) is 6.61 Å². The monoisotopic (exact) mass is 222 g/mol. The first-order valence-corrected chi connectivity index (χ1v) is 4.18. The van der Waals surface area contributed by atoms with E-state index < -0.39 is 6.61 Å². The molecule has 6 heteroatoms. The van der Waals surface area contributed by atoms with E-state index >= 15 is 0 Å². The van der Waals surface area contributed by atoms with Gasteiger partial charge in [-0.25, -0.2) is 0 Å². The summed E-state index contributed by atoms with van der Waals surface area (Å²) in [5.41, 5.74) is 3.21. The van der Waals surface area contributed by atoms with Gasteiger partial charge in [0.15, 0.2) is 0 Å². The lowest BCUT2D eigenvalue weighted by Gasteiger charge is -2.07. The molecular weight excluding hydrogens is 214 g/mol. The van der Waals surface area contributed by atoms with Crippen molar-refractivity contribution < 1.29 is 13.5 Å². The maximum absolute atomic E-state index is 11.8. The second kappa shape index (κ2) is 5.09. The molecule has 3 nitrogen and oxygen atoms in total. The van der Waals surface area contributed by atoms with Crippen LogP contribution >= 0.6 is 11.6 Å². The number of benzene rings is 1. The van der Waals surface area contributed by atoms with Gasteiger partial charge in [0.2, 0.25) is 0 Å². The van der Waals surface area contributed by atoms with Crippen molar-refractivity contribution in [1.82, 2.24) is 5.43 Å². The Labute approximate surface area is 84.8 Å². The number of hydrazine groups is 1. The molecule has 1 rings (SSSR count). The number of ether oxygens (including phenoxy) is 1. The third kappa shape index (κ3) is 3.10. The fourth-order valence-corrected chi connectivity index (χ4v) is 1.21. The van der Waals surface area contributed by atoms with E-state index in [2.05, 4.69) is 10.2 Å². The third-order valence-corrected chi connectivity index (χ3v) is 1.81. The first-order chi connectivity index (χ1) is 6.63. The SMILES string of the molecule is NNCc1ccc(OC(F)F)c(Cl)c1. The second-order valence-corrected chi connectivity index (χ2v) is 2.93. The summed E-state index contributed by atoms with van der Waals surface area (Å²) in [7, 11) is 0. The smallest absolute Gasteiger partial charge is 0.387 e. The highest BCUT2D eigenvalue weighted by molar-refractivity contribution is 6.32. The zero-order valence-corrected chi connectivity index (χ0v) is 7.89. The van der Waals surface area contributed by atoms with E-state index in [1.807, 2.05) is 0 Å². The van der Waals surface area contributed by atoms with Gasteiger partial charge in [0.05, 0.1) is 5.02 Å². The maximum atomic E-state index is 11.8. The van der Waals surface area contributed by atoms with Crippen molar-refractivity contribution in [2.24, 2.45) is 5.84 Å². The van der Waals surface area contributed by atoms with Gasteiger partial charge >= 0.3 is 6.61 Å². The predicted molar refractivity (Wildman–Crippen MR) is 49.1 cm³/mol. The minimum Gasteiger partial charge on any atom is -0.433 e. The Morgan fingerprint density at radius 2 is 2.21 bits per heavy atom. The topological polar surface area (TPSA) is 47.3 Å². The zero-order chi connectivity index (χ0) is 10.6. The minimum atomic E-state index is -2.87. The van der Waals surface area contributed by atoms with Crippen LogP contribution < -0.4 is 16.0 Å². The van der Waals surface area contributed by atoms with Crippen molar-refractivity contribution in [3.8, 4) is 5.75 Å². The normalized spacial score (nSPS) is 10.6. The van der Waals surface area contributed by atoms with Crippen LogP contribution in [0.5, 0.6) is 5.75 Å². The summed E-state index contributed by atoms with van der Waals surface area (Å²) in [4.78, 5) is 0. The summed E-state index contributed by atoms with van der Waals surface area (Å²) in [6, 6.07) is 4.49. The molecule has 0 aliphatic rings.